The third-order valence-corrected chi connectivity index (χ3v) is 4.34. The summed E-state index contributed by atoms with van der Waals surface area (Å²) >= 11 is 5.05. The Labute approximate surface area is 118 Å². The number of nitrogens with zero attached hydrogens (tertiary/aromatic N) is 1. The molecule has 0 radical (unpaired) electrons. The Bertz CT molecular complexity index is 515. The first-order valence-corrected chi connectivity index (χ1v) is 7.46. The van der Waals surface area contributed by atoms with Crippen LogP contribution >= 0.6 is 27.3 Å². The lowest BCUT2D eigenvalue weighted by Crippen LogP contribution is -2.23. The van der Waals surface area contributed by atoms with Crippen molar-refractivity contribution in [3.05, 3.63) is 50.6 Å². The average molecular weight is 329 g/mol. The Morgan fingerprint density at radius 1 is 1.56 bits per heavy atom. The predicted molar refractivity (Wildman–Crippen MR) is 76.4 cm³/mol. The first-order valence-electron chi connectivity index (χ1n) is 5.79. The molecule has 2 heterocycles. The highest BCUT2D eigenvalue weighted by molar-refractivity contribution is 9.10. The average Bonchev–Trinajstić information content (AvgIpc) is 2.78. The minimum Gasteiger partial charge on any atom is -0.306 e. The van der Waals surface area contributed by atoms with Crippen LogP contribution in [0.5, 0.6) is 0 Å². The molecule has 0 bridgehead atoms. The lowest BCUT2D eigenvalue weighted by Gasteiger charge is -2.18. The van der Waals surface area contributed by atoms with Crippen LogP contribution in [-0.4, -0.2) is 11.5 Å². The molecule has 0 saturated heterocycles. The van der Waals surface area contributed by atoms with Gasteiger partial charge in [-0.3, -0.25) is 4.98 Å². The van der Waals surface area contributed by atoms with Crippen molar-refractivity contribution >= 4 is 27.3 Å². The van der Waals surface area contributed by atoms with Crippen molar-refractivity contribution in [2.75, 3.05) is 6.54 Å². The summed E-state index contributed by atoms with van der Waals surface area (Å²) in [6.45, 7) is 2.94. The zero-order chi connectivity index (χ0) is 13.0. The van der Waals surface area contributed by atoms with E-state index in [1.807, 2.05) is 11.4 Å². The van der Waals surface area contributed by atoms with E-state index in [1.54, 1.807) is 23.6 Å². The number of hydrogen-bond donors (Lipinski definition) is 1. The van der Waals surface area contributed by atoms with Gasteiger partial charge in [0, 0.05) is 26.5 Å². The lowest BCUT2D eigenvalue weighted by atomic mass is 10.1. The largest absolute Gasteiger partial charge is 0.306 e. The molecule has 2 nitrogen and oxygen atoms in total. The van der Waals surface area contributed by atoms with E-state index in [0.29, 0.717) is 5.56 Å². The fourth-order valence-electron chi connectivity index (χ4n) is 1.75. The van der Waals surface area contributed by atoms with Crippen molar-refractivity contribution in [3.63, 3.8) is 0 Å². The smallest absolute Gasteiger partial charge is 0.146 e. The van der Waals surface area contributed by atoms with Crippen LogP contribution in [-0.2, 0) is 0 Å². The van der Waals surface area contributed by atoms with E-state index >= 15 is 0 Å². The van der Waals surface area contributed by atoms with E-state index in [4.69, 9.17) is 0 Å². The number of nitrogens with one attached hydrogen (secondary N) is 1. The maximum atomic E-state index is 13.8. The van der Waals surface area contributed by atoms with Gasteiger partial charge in [-0.15, -0.1) is 11.3 Å². The lowest BCUT2D eigenvalue weighted by molar-refractivity contribution is 0.547. The van der Waals surface area contributed by atoms with Crippen molar-refractivity contribution in [1.82, 2.24) is 10.3 Å². The molecule has 1 unspecified atom stereocenters. The molecule has 5 heteroatoms. The maximum absolute atomic E-state index is 13.8. The van der Waals surface area contributed by atoms with Gasteiger partial charge in [-0.2, -0.15) is 0 Å². The quantitative estimate of drug-likeness (QED) is 0.892. The molecule has 1 atom stereocenters. The summed E-state index contributed by atoms with van der Waals surface area (Å²) in [6.07, 6.45) is 3.90. The first-order chi connectivity index (χ1) is 8.72. The molecule has 0 fully saturated rings. The third-order valence-electron chi connectivity index (χ3n) is 2.59. The molecule has 2 aromatic rings. The highest BCUT2D eigenvalue weighted by Crippen LogP contribution is 2.31. The zero-order valence-corrected chi connectivity index (χ0v) is 12.4. The van der Waals surface area contributed by atoms with Crippen LogP contribution in [0.2, 0.25) is 0 Å². The van der Waals surface area contributed by atoms with Crippen LogP contribution in [0, 0.1) is 5.82 Å². The molecule has 0 amide bonds. The second kappa shape index (κ2) is 6.41. The second-order valence-corrected chi connectivity index (χ2v) is 5.81. The van der Waals surface area contributed by atoms with Crippen molar-refractivity contribution in [3.8, 4) is 0 Å². The zero-order valence-electron chi connectivity index (χ0n) is 9.99. The standard InChI is InChI=1S/C13H14BrFN2S/c1-2-4-17-13(12-6-9(14)8-18-12)10-3-5-16-7-11(10)15/h3,5-8,13,17H,2,4H2,1H3. The number of halogens is 2. The van der Waals surface area contributed by atoms with Crippen LogP contribution < -0.4 is 5.32 Å². The van der Waals surface area contributed by atoms with Gasteiger partial charge in [-0.1, -0.05) is 6.92 Å². The van der Waals surface area contributed by atoms with Crippen LogP contribution in [0.4, 0.5) is 4.39 Å². The Balaban J connectivity index is 2.33. The molecule has 0 aliphatic carbocycles. The molecule has 96 valence electrons. The van der Waals surface area contributed by atoms with Gasteiger partial charge in [-0.25, -0.2) is 4.39 Å². The molecule has 0 spiro atoms. The van der Waals surface area contributed by atoms with Gasteiger partial charge in [0.1, 0.15) is 5.82 Å². The summed E-state index contributed by atoms with van der Waals surface area (Å²) in [5.74, 6) is -0.268. The summed E-state index contributed by atoms with van der Waals surface area (Å²) in [5.41, 5.74) is 0.646. The summed E-state index contributed by atoms with van der Waals surface area (Å²) in [5, 5.41) is 5.39. The van der Waals surface area contributed by atoms with Gasteiger partial charge in [0.2, 0.25) is 0 Å². The minimum atomic E-state index is -0.268. The Morgan fingerprint density at radius 3 is 3.00 bits per heavy atom. The van der Waals surface area contributed by atoms with Crippen molar-refractivity contribution in [2.45, 2.75) is 19.4 Å². The molecule has 0 aliphatic heterocycles. The minimum absolute atomic E-state index is 0.107. The van der Waals surface area contributed by atoms with Gasteiger partial charge in [0.05, 0.1) is 12.2 Å². The second-order valence-electron chi connectivity index (χ2n) is 3.95. The number of thiophene rings is 1. The van der Waals surface area contributed by atoms with E-state index in [2.05, 4.69) is 33.2 Å². The third kappa shape index (κ3) is 3.16. The van der Waals surface area contributed by atoms with Crippen LogP contribution in [0.1, 0.15) is 29.8 Å². The normalized spacial score (nSPS) is 12.6. The Hall–Kier alpha value is -0.780. The topological polar surface area (TPSA) is 24.9 Å². The van der Waals surface area contributed by atoms with Crippen molar-refractivity contribution in [2.24, 2.45) is 0 Å². The molecule has 1 N–H and O–H groups in total. The SMILES string of the molecule is CCCNC(c1cc(Br)cs1)c1ccncc1F. The van der Waals surface area contributed by atoms with Crippen LogP contribution in [0.25, 0.3) is 0 Å². The number of hydrogen-bond acceptors (Lipinski definition) is 3. The van der Waals surface area contributed by atoms with E-state index in [0.717, 1.165) is 22.3 Å². The summed E-state index contributed by atoms with van der Waals surface area (Å²) < 4.78 is 14.9. The van der Waals surface area contributed by atoms with E-state index in [9.17, 15) is 4.39 Å². The van der Waals surface area contributed by atoms with Gasteiger partial charge < -0.3 is 5.32 Å². The molecule has 2 rings (SSSR count). The molecule has 0 aromatic carbocycles. The number of aromatic nitrogens is 1. The monoisotopic (exact) mass is 328 g/mol. The summed E-state index contributed by atoms with van der Waals surface area (Å²) in [7, 11) is 0. The Kier molecular flexibility index (Phi) is 4.86. The molecule has 18 heavy (non-hydrogen) atoms. The summed E-state index contributed by atoms with van der Waals surface area (Å²) in [4.78, 5) is 4.90. The van der Waals surface area contributed by atoms with Gasteiger partial charge >= 0.3 is 0 Å². The van der Waals surface area contributed by atoms with Crippen LogP contribution in [0.15, 0.2) is 34.4 Å². The molecule has 0 saturated carbocycles. The van der Waals surface area contributed by atoms with Crippen LogP contribution in [0.3, 0.4) is 0 Å². The van der Waals surface area contributed by atoms with E-state index in [-0.39, 0.29) is 11.9 Å². The maximum Gasteiger partial charge on any atom is 0.146 e. The fourth-order valence-corrected chi connectivity index (χ4v) is 3.29. The molecular formula is C13H14BrFN2S. The predicted octanol–water partition coefficient (Wildman–Crippen LogP) is 4.13. The molecular weight excluding hydrogens is 315 g/mol. The van der Waals surface area contributed by atoms with Gasteiger partial charge in [-0.05, 0) is 41.0 Å². The van der Waals surface area contributed by atoms with Gasteiger partial charge in [0.15, 0.2) is 0 Å². The molecule has 0 aliphatic rings. The number of pyridine rings is 1. The van der Waals surface area contributed by atoms with Gasteiger partial charge in [0.25, 0.3) is 0 Å². The highest BCUT2D eigenvalue weighted by Gasteiger charge is 2.18. The van der Waals surface area contributed by atoms with E-state index in [1.165, 1.54) is 6.20 Å². The fraction of sp³-hybridized carbons (Fsp3) is 0.308. The Morgan fingerprint density at radius 2 is 2.39 bits per heavy atom. The highest BCUT2D eigenvalue weighted by atomic mass is 79.9. The van der Waals surface area contributed by atoms with E-state index < -0.39 is 0 Å². The van der Waals surface area contributed by atoms with Crippen molar-refractivity contribution < 1.29 is 4.39 Å². The molecule has 2 aromatic heterocycles. The number of rotatable bonds is 5. The first kappa shape index (κ1) is 13.6. The van der Waals surface area contributed by atoms with Crippen molar-refractivity contribution in [1.29, 1.82) is 0 Å². The summed E-state index contributed by atoms with van der Waals surface area (Å²) in [6, 6.07) is 3.65.